The Bertz CT molecular complexity index is 667. The Kier molecular flexibility index (Phi) is 6.15. The van der Waals surface area contributed by atoms with Gasteiger partial charge in [-0.05, 0) is 49.6 Å². The zero-order chi connectivity index (χ0) is 16.7. The van der Waals surface area contributed by atoms with E-state index in [1.807, 2.05) is 6.07 Å². The van der Waals surface area contributed by atoms with Crippen molar-refractivity contribution < 1.29 is 4.79 Å². The number of benzene rings is 1. The van der Waals surface area contributed by atoms with Crippen LogP contribution in [0.15, 0.2) is 36.5 Å². The molecule has 0 aliphatic rings. The van der Waals surface area contributed by atoms with Gasteiger partial charge < -0.3 is 10.6 Å². The summed E-state index contributed by atoms with van der Waals surface area (Å²) in [5, 5.41) is 6.28. The number of unbranched alkanes of at least 4 members (excludes halogenated alkanes) is 2. The highest BCUT2D eigenvalue weighted by Crippen LogP contribution is 2.21. The first kappa shape index (κ1) is 17.0. The van der Waals surface area contributed by atoms with Crippen molar-refractivity contribution in [3.05, 3.63) is 53.3 Å². The molecule has 0 aliphatic heterocycles. The van der Waals surface area contributed by atoms with E-state index in [-0.39, 0.29) is 5.91 Å². The van der Waals surface area contributed by atoms with Crippen molar-refractivity contribution in [3.63, 3.8) is 0 Å². The molecule has 0 radical (unpaired) electrons. The number of pyridine rings is 1. The quantitative estimate of drug-likeness (QED) is 0.747. The molecule has 0 aliphatic carbocycles. The molecule has 0 saturated carbocycles. The van der Waals surface area contributed by atoms with Gasteiger partial charge in [-0.3, -0.25) is 9.78 Å². The fraction of sp³-hybridized carbons (Fsp3) is 0.368. The summed E-state index contributed by atoms with van der Waals surface area (Å²) in [4.78, 5) is 16.3. The lowest BCUT2D eigenvalue weighted by Crippen LogP contribution is -2.25. The minimum Gasteiger partial charge on any atom is -0.355 e. The highest BCUT2D eigenvalue weighted by Gasteiger charge is 2.08. The Hall–Kier alpha value is -2.36. The predicted octanol–water partition coefficient (Wildman–Crippen LogP) is 4.36. The summed E-state index contributed by atoms with van der Waals surface area (Å²) in [5.74, 6) is -0.120. The first-order valence-corrected chi connectivity index (χ1v) is 8.18. The highest BCUT2D eigenvalue weighted by molar-refractivity contribution is 5.93. The molecule has 2 N–H and O–H groups in total. The maximum absolute atomic E-state index is 12.1. The molecule has 0 saturated heterocycles. The van der Waals surface area contributed by atoms with Crippen LogP contribution in [0.3, 0.4) is 0 Å². The summed E-state index contributed by atoms with van der Waals surface area (Å²) in [7, 11) is 0. The standard InChI is InChI=1S/C19H25N3O/c1-4-5-6-10-21-19(23)18-13-16(9-11-20-18)22-17-12-14(2)7-8-15(17)3/h7-9,11-13H,4-6,10H2,1-3H3,(H,20,22)(H,21,23). The molecule has 0 unspecified atom stereocenters. The number of rotatable bonds is 7. The van der Waals surface area contributed by atoms with Gasteiger partial charge in [-0.1, -0.05) is 31.9 Å². The number of carbonyl (C=O) groups excluding carboxylic acids is 1. The number of nitrogens with one attached hydrogen (secondary N) is 2. The van der Waals surface area contributed by atoms with Gasteiger partial charge >= 0.3 is 0 Å². The summed E-state index contributed by atoms with van der Waals surface area (Å²) in [6.07, 6.45) is 4.93. The van der Waals surface area contributed by atoms with Gasteiger partial charge in [0, 0.05) is 24.1 Å². The summed E-state index contributed by atoms with van der Waals surface area (Å²) in [6, 6.07) is 9.93. The molecular formula is C19H25N3O. The Morgan fingerprint density at radius 2 is 1.96 bits per heavy atom. The minimum absolute atomic E-state index is 0.120. The topological polar surface area (TPSA) is 54.0 Å². The van der Waals surface area contributed by atoms with E-state index < -0.39 is 0 Å². The number of nitrogens with zero attached hydrogens (tertiary/aromatic N) is 1. The number of aromatic nitrogens is 1. The van der Waals surface area contributed by atoms with Crippen LogP contribution >= 0.6 is 0 Å². The van der Waals surface area contributed by atoms with Gasteiger partial charge in [0.05, 0.1) is 0 Å². The van der Waals surface area contributed by atoms with Crippen molar-refractivity contribution in [2.24, 2.45) is 0 Å². The van der Waals surface area contributed by atoms with Crippen LogP contribution < -0.4 is 10.6 Å². The van der Waals surface area contributed by atoms with Crippen LogP contribution in [0, 0.1) is 13.8 Å². The maximum atomic E-state index is 12.1. The largest absolute Gasteiger partial charge is 0.355 e. The van der Waals surface area contributed by atoms with Gasteiger partial charge in [0.15, 0.2) is 0 Å². The third-order valence-electron chi connectivity index (χ3n) is 3.73. The normalized spacial score (nSPS) is 10.4. The van der Waals surface area contributed by atoms with E-state index in [1.165, 1.54) is 5.56 Å². The molecule has 122 valence electrons. The van der Waals surface area contributed by atoms with Crippen molar-refractivity contribution in [1.29, 1.82) is 0 Å². The Labute approximate surface area is 138 Å². The zero-order valence-corrected chi connectivity index (χ0v) is 14.1. The van der Waals surface area contributed by atoms with E-state index >= 15 is 0 Å². The molecule has 4 nitrogen and oxygen atoms in total. The van der Waals surface area contributed by atoms with E-state index in [2.05, 4.69) is 54.6 Å². The van der Waals surface area contributed by atoms with Crippen molar-refractivity contribution in [2.75, 3.05) is 11.9 Å². The second-order valence-electron chi connectivity index (χ2n) is 5.84. The summed E-state index contributed by atoms with van der Waals surface area (Å²) < 4.78 is 0. The molecule has 2 rings (SSSR count). The molecular weight excluding hydrogens is 286 g/mol. The molecule has 1 aromatic heterocycles. The van der Waals surface area contributed by atoms with E-state index in [0.717, 1.165) is 36.2 Å². The molecule has 4 heteroatoms. The van der Waals surface area contributed by atoms with Crippen molar-refractivity contribution >= 4 is 17.3 Å². The van der Waals surface area contributed by atoms with Gasteiger partial charge in [0.2, 0.25) is 0 Å². The Morgan fingerprint density at radius 3 is 2.74 bits per heavy atom. The molecule has 0 bridgehead atoms. The molecule has 23 heavy (non-hydrogen) atoms. The van der Waals surface area contributed by atoms with E-state index in [0.29, 0.717) is 12.2 Å². The number of aryl methyl sites for hydroxylation is 2. The van der Waals surface area contributed by atoms with E-state index in [1.54, 1.807) is 12.3 Å². The molecule has 0 fully saturated rings. The Balaban J connectivity index is 2.04. The summed E-state index contributed by atoms with van der Waals surface area (Å²) >= 11 is 0. The first-order valence-electron chi connectivity index (χ1n) is 8.18. The molecule has 1 heterocycles. The predicted molar refractivity (Wildman–Crippen MR) is 95.3 cm³/mol. The van der Waals surface area contributed by atoms with Crippen LogP contribution in [-0.2, 0) is 0 Å². The number of anilines is 2. The number of hydrogen-bond acceptors (Lipinski definition) is 3. The van der Waals surface area contributed by atoms with Gasteiger partial charge in [-0.15, -0.1) is 0 Å². The smallest absolute Gasteiger partial charge is 0.269 e. The van der Waals surface area contributed by atoms with Gasteiger partial charge in [-0.25, -0.2) is 0 Å². The van der Waals surface area contributed by atoms with Crippen molar-refractivity contribution in [1.82, 2.24) is 10.3 Å². The lowest BCUT2D eigenvalue weighted by atomic mass is 10.1. The second-order valence-corrected chi connectivity index (χ2v) is 5.84. The van der Waals surface area contributed by atoms with Crippen LogP contribution in [0.2, 0.25) is 0 Å². The lowest BCUT2D eigenvalue weighted by Gasteiger charge is -2.11. The SMILES string of the molecule is CCCCCNC(=O)c1cc(Nc2cc(C)ccc2C)ccn1. The zero-order valence-electron chi connectivity index (χ0n) is 14.1. The van der Waals surface area contributed by atoms with Gasteiger partial charge in [0.1, 0.15) is 5.69 Å². The fourth-order valence-electron chi connectivity index (χ4n) is 2.33. The first-order chi connectivity index (χ1) is 11.1. The molecule has 0 spiro atoms. The van der Waals surface area contributed by atoms with Gasteiger partial charge in [0.25, 0.3) is 5.91 Å². The maximum Gasteiger partial charge on any atom is 0.269 e. The Morgan fingerprint density at radius 1 is 1.13 bits per heavy atom. The fourth-order valence-corrected chi connectivity index (χ4v) is 2.33. The minimum atomic E-state index is -0.120. The molecule has 0 atom stereocenters. The van der Waals surface area contributed by atoms with Crippen LogP contribution in [0.25, 0.3) is 0 Å². The summed E-state index contributed by atoms with van der Waals surface area (Å²) in [5.41, 5.74) is 4.72. The summed E-state index contributed by atoms with van der Waals surface area (Å²) in [6.45, 7) is 6.96. The average molecular weight is 311 g/mol. The van der Waals surface area contributed by atoms with Crippen molar-refractivity contribution in [2.45, 2.75) is 40.0 Å². The number of carbonyl (C=O) groups is 1. The molecule has 1 aromatic carbocycles. The van der Waals surface area contributed by atoms with Gasteiger partial charge in [-0.2, -0.15) is 0 Å². The van der Waals surface area contributed by atoms with Crippen LogP contribution in [0.5, 0.6) is 0 Å². The number of hydrogen-bond donors (Lipinski definition) is 2. The average Bonchev–Trinajstić information content (AvgIpc) is 2.55. The van der Waals surface area contributed by atoms with Crippen LogP contribution in [-0.4, -0.2) is 17.4 Å². The van der Waals surface area contributed by atoms with Crippen LogP contribution in [0.1, 0.15) is 47.8 Å². The number of amides is 1. The van der Waals surface area contributed by atoms with E-state index in [9.17, 15) is 4.79 Å². The lowest BCUT2D eigenvalue weighted by molar-refractivity contribution is 0.0948. The third-order valence-corrected chi connectivity index (χ3v) is 3.73. The molecule has 2 aromatic rings. The molecule has 1 amide bonds. The monoisotopic (exact) mass is 311 g/mol. The van der Waals surface area contributed by atoms with Crippen LogP contribution in [0.4, 0.5) is 11.4 Å². The highest BCUT2D eigenvalue weighted by atomic mass is 16.1. The third kappa shape index (κ3) is 5.09. The second kappa shape index (κ2) is 8.32. The van der Waals surface area contributed by atoms with Crippen molar-refractivity contribution in [3.8, 4) is 0 Å². The van der Waals surface area contributed by atoms with E-state index in [4.69, 9.17) is 0 Å².